The minimum atomic E-state index is 0.428. The molecule has 1 rings (SSSR count). The summed E-state index contributed by atoms with van der Waals surface area (Å²) in [6.07, 6.45) is 4.34. The van der Waals surface area contributed by atoms with Gasteiger partial charge in [0.05, 0.1) is 0 Å². The number of hydrogen-bond donors (Lipinski definition) is 2. The van der Waals surface area contributed by atoms with Crippen LogP contribution in [0.15, 0.2) is 0 Å². The van der Waals surface area contributed by atoms with Crippen LogP contribution in [-0.2, 0) is 6.42 Å². The van der Waals surface area contributed by atoms with Crippen molar-refractivity contribution >= 4 is 11.6 Å². The fourth-order valence-electron chi connectivity index (χ4n) is 2.34. The van der Waals surface area contributed by atoms with Crippen molar-refractivity contribution in [1.29, 1.82) is 0 Å². The molecule has 0 aromatic carbocycles. The maximum atomic E-state index is 4.67. The van der Waals surface area contributed by atoms with Gasteiger partial charge < -0.3 is 10.6 Å². The molecule has 2 atom stereocenters. The quantitative estimate of drug-likeness (QED) is 0.708. The van der Waals surface area contributed by atoms with Crippen molar-refractivity contribution in [2.24, 2.45) is 5.92 Å². The van der Waals surface area contributed by atoms with Crippen LogP contribution in [0.4, 0.5) is 11.6 Å². The van der Waals surface area contributed by atoms with E-state index in [4.69, 9.17) is 0 Å². The number of nitrogens with zero attached hydrogens (tertiary/aromatic N) is 2. The van der Waals surface area contributed by atoms with Gasteiger partial charge in [-0.1, -0.05) is 34.1 Å². The van der Waals surface area contributed by atoms with Gasteiger partial charge in [-0.05, 0) is 32.6 Å². The van der Waals surface area contributed by atoms with Crippen LogP contribution in [0.1, 0.15) is 65.3 Å². The molecule has 21 heavy (non-hydrogen) atoms. The summed E-state index contributed by atoms with van der Waals surface area (Å²) in [6.45, 7) is 14.1. The van der Waals surface area contributed by atoms with Crippen molar-refractivity contribution in [2.75, 3.05) is 17.2 Å². The summed E-state index contributed by atoms with van der Waals surface area (Å²) in [5.74, 6) is 3.59. The zero-order valence-electron chi connectivity index (χ0n) is 14.6. The summed E-state index contributed by atoms with van der Waals surface area (Å²) in [5.41, 5.74) is 1.12. The van der Waals surface area contributed by atoms with Gasteiger partial charge in [0.1, 0.15) is 17.5 Å². The highest BCUT2D eigenvalue weighted by molar-refractivity contribution is 5.57. The summed E-state index contributed by atoms with van der Waals surface area (Å²) >= 11 is 0. The van der Waals surface area contributed by atoms with Crippen LogP contribution in [0.2, 0.25) is 0 Å². The van der Waals surface area contributed by atoms with E-state index in [0.717, 1.165) is 48.3 Å². The Kier molecular flexibility index (Phi) is 7.48. The number of nitrogens with one attached hydrogen (secondary N) is 2. The first-order valence-corrected chi connectivity index (χ1v) is 8.39. The molecular weight excluding hydrogens is 260 g/mol. The predicted molar refractivity (Wildman–Crippen MR) is 92.1 cm³/mol. The zero-order chi connectivity index (χ0) is 15.8. The highest BCUT2D eigenvalue weighted by Crippen LogP contribution is 2.22. The summed E-state index contributed by atoms with van der Waals surface area (Å²) < 4.78 is 0. The van der Waals surface area contributed by atoms with Crippen molar-refractivity contribution in [3.8, 4) is 0 Å². The largest absolute Gasteiger partial charge is 0.370 e. The Morgan fingerprint density at radius 1 is 1.05 bits per heavy atom. The number of aromatic nitrogens is 2. The second-order valence-corrected chi connectivity index (χ2v) is 6.04. The Hall–Kier alpha value is -1.32. The van der Waals surface area contributed by atoms with E-state index >= 15 is 0 Å². The van der Waals surface area contributed by atoms with Crippen LogP contribution in [0.3, 0.4) is 0 Å². The predicted octanol–water partition coefficient (Wildman–Crippen LogP) is 4.41. The lowest BCUT2D eigenvalue weighted by molar-refractivity contribution is 0.483. The van der Waals surface area contributed by atoms with Crippen LogP contribution in [0.5, 0.6) is 0 Å². The molecule has 0 spiro atoms. The van der Waals surface area contributed by atoms with Gasteiger partial charge in [0, 0.05) is 24.6 Å². The second-order valence-electron chi connectivity index (χ2n) is 6.04. The Balaban J connectivity index is 2.89. The van der Waals surface area contributed by atoms with E-state index in [-0.39, 0.29) is 0 Å². The summed E-state index contributed by atoms with van der Waals surface area (Å²) in [6, 6.07) is 0.428. The standard InChI is InChI=1S/C17H32N4/c1-7-10-18-16-14(6)17(21-15(9-3)20-16)19-13(5)11-12(4)8-2/h12-13H,7-11H2,1-6H3,(H2,18,19,20,21). The van der Waals surface area contributed by atoms with Crippen molar-refractivity contribution in [3.63, 3.8) is 0 Å². The Morgan fingerprint density at radius 2 is 1.71 bits per heavy atom. The molecule has 1 aromatic heterocycles. The van der Waals surface area contributed by atoms with Gasteiger partial charge in [-0.3, -0.25) is 0 Å². The molecule has 0 aliphatic rings. The van der Waals surface area contributed by atoms with Gasteiger partial charge in [-0.25, -0.2) is 9.97 Å². The molecule has 0 aliphatic carbocycles. The second kappa shape index (κ2) is 8.85. The first-order valence-electron chi connectivity index (χ1n) is 8.39. The molecule has 120 valence electrons. The van der Waals surface area contributed by atoms with E-state index in [0.29, 0.717) is 6.04 Å². The molecule has 0 saturated carbocycles. The van der Waals surface area contributed by atoms with Gasteiger partial charge in [0.25, 0.3) is 0 Å². The molecule has 0 radical (unpaired) electrons. The smallest absolute Gasteiger partial charge is 0.134 e. The third-order valence-electron chi connectivity index (χ3n) is 3.89. The van der Waals surface area contributed by atoms with Crippen LogP contribution < -0.4 is 10.6 Å². The molecule has 0 saturated heterocycles. The van der Waals surface area contributed by atoms with E-state index in [1.165, 1.54) is 12.8 Å². The van der Waals surface area contributed by atoms with Crippen LogP contribution in [0.25, 0.3) is 0 Å². The van der Waals surface area contributed by atoms with Crippen LogP contribution >= 0.6 is 0 Å². The molecule has 0 bridgehead atoms. The minimum Gasteiger partial charge on any atom is -0.370 e. The third kappa shape index (κ3) is 5.52. The SMILES string of the molecule is CCCNc1nc(CC)nc(NC(C)CC(C)CC)c1C. The summed E-state index contributed by atoms with van der Waals surface area (Å²) in [7, 11) is 0. The molecule has 4 nitrogen and oxygen atoms in total. The van der Waals surface area contributed by atoms with E-state index in [1.807, 2.05) is 0 Å². The number of rotatable bonds is 9. The van der Waals surface area contributed by atoms with Gasteiger partial charge >= 0.3 is 0 Å². The van der Waals surface area contributed by atoms with Gasteiger partial charge in [0.2, 0.25) is 0 Å². The van der Waals surface area contributed by atoms with E-state index in [2.05, 4.69) is 62.1 Å². The van der Waals surface area contributed by atoms with E-state index in [1.54, 1.807) is 0 Å². The number of hydrogen-bond acceptors (Lipinski definition) is 4. The minimum absolute atomic E-state index is 0.428. The average Bonchev–Trinajstić information content (AvgIpc) is 2.47. The van der Waals surface area contributed by atoms with Gasteiger partial charge in [-0.2, -0.15) is 0 Å². The number of aryl methyl sites for hydroxylation is 1. The third-order valence-corrected chi connectivity index (χ3v) is 3.89. The lowest BCUT2D eigenvalue weighted by Crippen LogP contribution is -2.21. The first-order chi connectivity index (χ1) is 10.0. The fraction of sp³-hybridized carbons (Fsp3) is 0.765. The van der Waals surface area contributed by atoms with Gasteiger partial charge in [-0.15, -0.1) is 0 Å². The van der Waals surface area contributed by atoms with Crippen molar-refractivity contribution < 1.29 is 0 Å². The summed E-state index contributed by atoms with van der Waals surface area (Å²) in [4.78, 5) is 9.28. The van der Waals surface area contributed by atoms with Crippen LogP contribution in [0, 0.1) is 12.8 Å². The van der Waals surface area contributed by atoms with Crippen LogP contribution in [-0.4, -0.2) is 22.6 Å². The fourth-order valence-corrected chi connectivity index (χ4v) is 2.34. The molecule has 2 unspecified atom stereocenters. The highest BCUT2D eigenvalue weighted by atomic mass is 15.1. The topological polar surface area (TPSA) is 49.8 Å². The van der Waals surface area contributed by atoms with E-state index in [9.17, 15) is 0 Å². The van der Waals surface area contributed by atoms with Gasteiger partial charge in [0.15, 0.2) is 0 Å². The Morgan fingerprint density at radius 3 is 2.29 bits per heavy atom. The molecule has 0 fully saturated rings. The lowest BCUT2D eigenvalue weighted by Gasteiger charge is -2.21. The summed E-state index contributed by atoms with van der Waals surface area (Å²) in [5, 5.41) is 6.99. The van der Waals surface area contributed by atoms with Crippen molar-refractivity contribution in [1.82, 2.24) is 9.97 Å². The number of anilines is 2. The molecule has 0 aliphatic heterocycles. The van der Waals surface area contributed by atoms with Crippen molar-refractivity contribution in [3.05, 3.63) is 11.4 Å². The monoisotopic (exact) mass is 292 g/mol. The maximum Gasteiger partial charge on any atom is 0.134 e. The molecule has 4 heteroatoms. The molecule has 1 aromatic rings. The normalized spacial score (nSPS) is 13.8. The molecule has 1 heterocycles. The molecular formula is C17H32N4. The maximum absolute atomic E-state index is 4.67. The molecule has 2 N–H and O–H groups in total. The Bertz CT molecular complexity index is 431. The van der Waals surface area contributed by atoms with Crippen molar-refractivity contribution in [2.45, 2.75) is 73.3 Å². The first kappa shape index (κ1) is 17.7. The Labute approximate surface area is 130 Å². The highest BCUT2D eigenvalue weighted by Gasteiger charge is 2.13. The average molecular weight is 292 g/mol. The molecule has 0 amide bonds. The zero-order valence-corrected chi connectivity index (χ0v) is 14.6. The lowest BCUT2D eigenvalue weighted by atomic mass is 10.0. The van der Waals surface area contributed by atoms with E-state index < -0.39 is 0 Å².